The molecule has 0 aromatic rings. The molecule has 1 saturated heterocycles. The number of sulfonamides is 1. The van der Waals surface area contributed by atoms with E-state index < -0.39 is 10.0 Å². The summed E-state index contributed by atoms with van der Waals surface area (Å²) in [5.74, 6) is 0.510. The Morgan fingerprint density at radius 2 is 1.94 bits per heavy atom. The molecule has 0 amide bonds. The molecule has 0 radical (unpaired) electrons. The average molecular weight is 246 g/mol. The molecule has 1 unspecified atom stereocenters. The SMILES string of the molecule is CS(=O)(=O)N1CCC(CNC2CCCC2)C1. The number of hydrogen-bond acceptors (Lipinski definition) is 3. The molecule has 1 heterocycles. The van der Waals surface area contributed by atoms with Crippen molar-refractivity contribution in [2.45, 2.75) is 38.1 Å². The van der Waals surface area contributed by atoms with Crippen LogP contribution < -0.4 is 5.32 Å². The van der Waals surface area contributed by atoms with E-state index in [0.717, 1.165) is 13.0 Å². The maximum Gasteiger partial charge on any atom is 0.211 e. The predicted octanol–water partition coefficient (Wildman–Crippen LogP) is 0.800. The van der Waals surface area contributed by atoms with Crippen molar-refractivity contribution in [1.82, 2.24) is 9.62 Å². The Morgan fingerprint density at radius 3 is 2.50 bits per heavy atom. The van der Waals surface area contributed by atoms with Crippen LogP contribution in [0.15, 0.2) is 0 Å². The molecular formula is C11H22N2O2S. The normalized spacial score (nSPS) is 28.9. The first-order valence-corrected chi connectivity index (χ1v) is 8.09. The molecule has 5 heteroatoms. The minimum Gasteiger partial charge on any atom is -0.314 e. The summed E-state index contributed by atoms with van der Waals surface area (Å²) in [6.45, 7) is 2.39. The highest BCUT2D eigenvalue weighted by Crippen LogP contribution is 2.21. The lowest BCUT2D eigenvalue weighted by Gasteiger charge is -2.16. The van der Waals surface area contributed by atoms with Gasteiger partial charge < -0.3 is 5.32 Å². The Hall–Kier alpha value is -0.130. The molecule has 2 aliphatic rings. The zero-order valence-corrected chi connectivity index (χ0v) is 10.8. The fourth-order valence-corrected chi connectivity index (χ4v) is 3.65. The van der Waals surface area contributed by atoms with Gasteiger partial charge in [-0.1, -0.05) is 12.8 Å². The van der Waals surface area contributed by atoms with Crippen molar-refractivity contribution >= 4 is 10.0 Å². The van der Waals surface area contributed by atoms with Gasteiger partial charge in [0.15, 0.2) is 0 Å². The largest absolute Gasteiger partial charge is 0.314 e. The van der Waals surface area contributed by atoms with Crippen molar-refractivity contribution in [3.63, 3.8) is 0 Å². The number of nitrogens with zero attached hydrogens (tertiary/aromatic N) is 1. The van der Waals surface area contributed by atoms with Gasteiger partial charge in [-0.05, 0) is 31.7 Å². The fourth-order valence-electron chi connectivity index (χ4n) is 2.73. The van der Waals surface area contributed by atoms with Crippen molar-refractivity contribution < 1.29 is 8.42 Å². The minimum absolute atomic E-state index is 0.510. The van der Waals surface area contributed by atoms with Crippen molar-refractivity contribution in [3.05, 3.63) is 0 Å². The van der Waals surface area contributed by atoms with Crippen LogP contribution in [0, 0.1) is 5.92 Å². The van der Waals surface area contributed by atoms with Crippen LogP contribution in [0.3, 0.4) is 0 Å². The van der Waals surface area contributed by atoms with E-state index in [1.165, 1.54) is 31.9 Å². The Kier molecular flexibility index (Phi) is 3.87. The van der Waals surface area contributed by atoms with Crippen LogP contribution in [0.5, 0.6) is 0 Å². The summed E-state index contributed by atoms with van der Waals surface area (Å²) in [6, 6.07) is 0.687. The second-order valence-corrected chi connectivity index (χ2v) is 7.15. The van der Waals surface area contributed by atoms with Gasteiger partial charge in [0.2, 0.25) is 10.0 Å². The van der Waals surface area contributed by atoms with Crippen molar-refractivity contribution in [2.24, 2.45) is 5.92 Å². The molecule has 0 bridgehead atoms. The molecular weight excluding hydrogens is 224 g/mol. The Morgan fingerprint density at radius 1 is 1.25 bits per heavy atom. The summed E-state index contributed by atoms with van der Waals surface area (Å²) >= 11 is 0. The van der Waals surface area contributed by atoms with Crippen LogP contribution in [0.25, 0.3) is 0 Å². The zero-order valence-electron chi connectivity index (χ0n) is 9.98. The molecule has 4 nitrogen and oxygen atoms in total. The van der Waals surface area contributed by atoms with E-state index in [1.807, 2.05) is 0 Å². The number of nitrogens with one attached hydrogen (secondary N) is 1. The highest BCUT2D eigenvalue weighted by Gasteiger charge is 2.28. The molecule has 94 valence electrons. The van der Waals surface area contributed by atoms with E-state index in [1.54, 1.807) is 4.31 Å². The van der Waals surface area contributed by atoms with Gasteiger partial charge in [0.1, 0.15) is 0 Å². The molecule has 0 aromatic heterocycles. The van der Waals surface area contributed by atoms with E-state index >= 15 is 0 Å². The molecule has 16 heavy (non-hydrogen) atoms. The number of rotatable bonds is 4. The lowest BCUT2D eigenvalue weighted by Crippen LogP contribution is -2.33. The maximum absolute atomic E-state index is 11.3. The molecule has 0 aromatic carbocycles. The molecule has 1 atom stereocenters. The quantitative estimate of drug-likeness (QED) is 0.798. The van der Waals surface area contributed by atoms with Gasteiger partial charge in [-0.3, -0.25) is 0 Å². The van der Waals surface area contributed by atoms with Gasteiger partial charge in [-0.25, -0.2) is 12.7 Å². The van der Waals surface area contributed by atoms with Gasteiger partial charge in [-0.2, -0.15) is 0 Å². The van der Waals surface area contributed by atoms with Crippen LogP contribution in [0.4, 0.5) is 0 Å². The third-order valence-electron chi connectivity index (χ3n) is 3.77. The molecule has 1 N–H and O–H groups in total. The van der Waals surface area contributed by atoms with Crippen LogP contribution >= 0.6 is 0 Å². The minimum atomic E-state index is -2.97. The van der Waals surface area contributed by atoms with Crippen molar-refractivity contribution in [3.8, 4) is 0 Å². The summed E-state index contributed by atoms with van der Waals surface area (Å²) in [4.78, 5) is 0. The highest BCUT2D eigenvalue weighted by molar-refractivity contribution is 7.88. The molecule has 1 aliphatic carbocycles. The van der Waals surface area contributed by atoms with Crippen molar-refractivity contribution in [2.75, 3.05) is 25.9 Å². The van der Waals surface area contributed by atoms with E-state index in [0.29, 0.717) is 25.0 Å². The Bertz CT molecular complexity index is 323. The van der Waals surface area contributed by atoms with E-state index in [2.05, 4.69) is 5.32 Å². The van der Waals surface area contributed by atoms with E-state index in [9.17, 15) is 8.42 Å². The van der Waals surface area contributed by atoms with Crippen LogP contribution in [-0.2, 0) is 10.0 Å². The standard InChI is InChI=1S/C11H22N2O2S/c1-16(14,15)13-7-6-10(9-13)8-12-11-4-2-3-5-11/h10-12H,2-9H2,1H3. The smallest absolute Gasteiger partial charge is 0.211 e. The fraction of sp³-hybridized carbons (Fsp3) is 1.00. The lowest BCUT2D eigenvalue weighted by molar-refractivity contribution is 0.422. The molecule has 0 spiro atoms. The van der Waals surface area contributed by atoms with Gasteiger partial charge in [0, 0.05) is 19.1 Å². The van der Waals surface area contributed by atoms with E-state index in [-0.39, 0.29) is 0 Å². The van der Waals surface area contributed by atoms with Gasteiger partial charge in [0.25, 0.3) is 0 Å². The van der Waals surface area contributed by atoms with Crippen LogP contribution in [0.1, 0.15) is 32.1 Å². The Balaban J connectivity index is 1.72. The van der Waals surface area contributed by atoms with Gasteiger partial charge in [0.05, 0.1) is 6.26 Å². The molecule has 2 rings (SSSR count). The number of hydrogen-bond donors (Lipinski definition) is 1. The maximum atomic E-state index is 11.3. The van der Waals surface area contributed by atoms with Gasteiger partial charge in [-0.15, -0.1) is 0 Å². The van der Waals surface area contributed by atoms with Crippen LogP contribution in [-0.4, -0.2) is 44.7 Å². The summed E-state index contributed by atoms with van der Waals surface area (Å²) in [6.07, 6.45) is 7.59. The predicted molar refractivity (Wildman–Crippen MR) is 64.8 cm³/mol. The molecule has 2 fully saturated rings. The van der Waals surface area contributed by atoms with Crippen molar-refractivity contribution in [1.29, 1.82) is 0 Å². The molecule has 1 saturated carbocycles. The lowest BCUT2D eigenvalue weighted by atomic mass is 10.1. The zero-order chi connectivity index (χ0) is 11.6. The summed E-state index contributed by atoms with van der Waals surface area (Å²) in [5, 5.41) is 3.57. The third-order valence-corrected chi connectivity index (χ3v) is 5.04. The monoisotopic (exact) mass is 246 g/mol. The third kappa shape index (κ3) is 3.18. The first-order valence-electron chi connectivity index (χ1n) is 6.24. The van der Waals surface area contributed by atoms with E-state index in [4.69, 9.17) is 0 Å². The Labute approximate surface area is 98.4 Å². The first kappa shape index (κ1) is 12.3. The summed E-state index contributed by atoms with van der Waals surface area (Å²) < 4.78 is 24.3. The first-order chi connectivity index (χ1) is 7.55. The highest BCUT2D eigenvalue weighted by atomic mass is 32.2. The van der Waals surface area contributed by atoms with Gasteiger partial charge >= 0.3 is 0 Å². The molecule has 1 aliphatic heterocycles. The second-order valence-electron chi connectivity index (χ2n) is 5.17. The summed E-state index contributed by atoms with van der Waals surface area (Å²) in [7, 11) is -2.97. The average Bonchev–Trinajstić information content (AvgIpc) is 2.85. The summed E-state index contributed by atoms with van der Waals surface area (Å²) in [5.41, 5.74) is 0. The topological polar surface area (TPSA) is 49.4 Å². The van der Waals surface area contributed by atoms with Crippen LogP contribution in [0.2, 0.25) is 0 Å². The second kappa shape index (κ2) is 5.02.